The van der Waals surface area contributed by atoms with Crippen molar-refractivity contribution in [3.8, 4) is 0 Å². The van der Waals surface area contributed by atoms with Crippen molar-refractivity contribution in [3.05, 3.63) is 0 Å². The van der Waals surface area contributed by atoms with E-state index in [1.165, 1.54) is 0 Å². The highest BCUT2D eigenvalue weighted by Gasteiger charge is 1.56. The van der Waals surface area contributed by atoms with Gasteiger partial charge in [0.15, 0.2) is 0 Å². The average molecular weight is 93.0 g/mol. The largest absolute Gasteiger partial charge is 0.810 e. The van der Waals surface area contributed by atoms with Gasteiger partial charge in [0.1, 0.15) is 0 Å². The Morgan fingerprint density at radius 2 is 2.60 bits per heavy atom. The monoisotopic (exact) mass is 93.0 g/mol. The molecule has 1 unspecified atom stereocenters. The number of hydrogen-bond donors (Lipinski definition) is 0. The topological polar surface area (TPSA) is 32.3 Å². The van der Waals surface area contributed by atoms with E-state index < -0.39 is 9.03 Å². The maximum absolute atomic E-state index is 9.34. The molecule has 0 heterocycles. The van der Waals surface area contributed by atoms with Gasteiger partial charge in [-0.25, -0.2) is 0 Å². The van der Waals surface area contributed by atoms with E-state index in [1.807, 2.05) is 0 Å². The Labute approximate surface area is 33.1 Å². The van der Waals surface area contributed by atoms with Gasteiger partial charge in [0.2, 0.25) is 0 Å². The van der Waals surface area contributed by atoms with Gasteiger partial charge in [-0.3, -0.25) is 0 Å². The highest BCUT2D eigenvalue weighted by Crippen LogP contribution is 1.92. The molecule has 0 aromatic carbocycles. The zero-order valence-corrected chi connectivity index (χ0v) is 4.02. The summed E-state index contributed by atoms with van der Waals surface area (Å²) in [6.07, 6.45) is 0. The average Bonchev–Trinajstić information content (AvgIpc) is 1.41. The van der Waals surface area contributed by atoms with E-state index in [1.54, 1.807) is 6.92 Å². The van der Waals surface area contributed by atoms with E-state index in [4.69, 9.17) is 0 Å². The molecule has 0 saturated heterocycles. The van der Waals surface area contributed by atoms with E-state index in [-0.39, 0.29) is 0 Å². The van der Waals surface area contributed by atoms with Crippen LogP contribution in [0, 0.1) is 0 Å². The second-order valence-electron chi connectivity index (χ2n) is 0.516. The van der Waals surface area contributed by atoms with Crippen LogP contribution in [0.25, 0.3) is 0 Å². The summed E-state index contributed by atoms with van der Waals surface area (Å²) in [6.45, 7) is 2.34. The highest BCUT2D eigenvalue weighted by atomic mass is 31.1. The summed E-state index contributed by atoms with van der Waals surface area (Å²) in [5.41, 5.74) is 0. The fraction of sp³-hybridized carbons (Fsp3) is 1.00. The third-order valence-electron chi connectivity index (χ3n) is 0.203. The SMILES string of the molecule is CCOP[O-]. The van der Waals surface area contributed by atoms with Gasteiger partial charge in [0.05, 0.1) is 0 Å². The van der Waals surface area contributed by atoms with Gasteiger partial charge in [0.25, 0.3) is 0 Å². The van der Waals surface area contributed by atoms with Crippen LogP contribution in [0.4, 0.5) is 0 Å². The predicted octanol–water partition coefficient (Wildman–Crippen LogP) is -0.108. The van der Waals surface area contributed by atoms with Crippen molar-refractivity contribution in [3.63, 3.8) is 0 Å². The molecule has 0 radical (unpaired) electrons. The Bertz CT molecular complexity index is 15.1. The van der Waals surface area contributed by atoms with E-state index in [0.29, 0.717) is 6.61 Å². The van der Waals surface area contributed by atoms with Gasteiger partial charge < -0.3 is 9.42 Å². The molecule has 0 spiro atoms. The number of hydrogen-bond acceptors (Lipinski definition) is 2. The minimum atomic E-state index is -0.592. The maximum Gasteiger partial charge on any atom is 0.0460 e. The molecule has 0 aliphatic rings. The van der Waals surface area contributed by atoms with Crippen LogP contribution in [0.1, 0.15) is 6.92 Å². The Hall–Kier alpha value is 0.350. The van der Waals surface area contributed by atoms with Crippen molar-refractivity contribution in [2.24, 2.45) is 0 Å². The molecule has 0 aliphatic heterocycles. The van der Waals surface area contributed by atoms with Crippen LogP contribution in [0.5, 0.6) is 0 Å². The zero-order chi connectivity index (χ0) is 4.12. The first kappa shape index (κ1) is 5.35. The summed E-state index contributed by atoms with van der Waals surface area (Å²) in [5.74, 6) is 0. The lowest BCUT2D eigenvalue weighted by Gasteiger charge is -1.98. The maximum atomic E-state index is 9.34. The van der Waals surface area contributed by atoms with Crippen LogP contribution in [-0.2, 0) is 4.52 Å². The molecule has 32 valence electrons. The van der Waals surface area contributed by atoms with E-state index in [9.17, 15) is 4.89 Å². The van der Waals surface area contributed by atoms with Crippen molar-refractivity contribution in [2.45, 2.75) is 6.92 Å². The zero-order valence-electron chi connectivity index (χ0n) is 3.02. The van der Waals surface area contributed by atoms with Gasteiger partial charge in [-0.1, -0.05) is 9.03 Å². The molecule has 0 rings (SSSR count). The lowest BCUT2D eigenvalue weighted by atomic mass is 10.9. The standard InChI is InChI=1S/C2H6O2P/c1-2-4-5-3/h5H,2H2,1H3/q-1. The Balaban J connectivity index is 2.19. The third kappa shape index (κ3) is 4.35. The second-order valence-corrected chi connectivity index (χ2v) is 0.972. The molecule has 1 atom stereocenters. The van der Waals surface area contributed by atoms with Gasteiger partial charge in [-0.2, -0.15) is 0 Å². The van der Waals surface area contributed by atoms with Crippen LogP contribution < -0.4 is 4.89 Å². The summed E-state index contributed by atoms with van der Waals surface area (Å²) in [5, 5.41) is 0. The molecule has 0 aliphatic carbocycles. The summed E-state index contributed by atoms with van der Waals surface area (Å²) in [4.78, 5) is 9.34. The molecule has 0 saturated carbocycles. The molecule has 0 fully saturated rings. The van der Waals surface area contributed by atoms with Crippen LogP contribution >= 0.6 is 9.03 Å². The van der Waals surface area contributed by atoms with Gasteiger partial charge in [0, 0.05) is 6.61 Å². The molecular weight excluding hydrogens is 87.0 g/mol. The number of rotatable bonds is 2. The van der Waals surface area contributed by atoms with Crippen LogP contribution in [0.3, 0.4) is 0 Å². The van der Waals surface area contributed by atoms with Crippen molar-refractivity contribution in [1.29, 1.82) is 0 Å². The molecule has 0 aromatic rings. The first-order chi connectivity index (χ1) is 2.41. The molecule has 0 N–H and O–H groups in total. The van der Waals surface area contributed by atoms with Crippen molar-refractivity contribution in [2.75, 3.05) is 6.61 Å². The molecule has 0 bridgehead atoms. The Morgan fingerprint density at radius 1 is 2.00 bits per heavy atom. The van der Waals surface area contributed by atoms with E-state index in [2.05, 4.69) is 4.52 Å². The van der Waals surface area contributed by atoms with Gasteiger partial charge >= 0.3 is 0 Å². The quantitative estimate of drug-likeness (QED) is 0.446. The fourth-order valence-electron chi connectivity index (χ4n) is 0.0589. The first-order valence-electron chi connectivity index (χ1n) is 1.40. The lowest BCUT2D eigenvalue weighted by molar-refractivity contribution is -0.168. The smallest absolute Gasteiger partial charge is 0.0460 e. The van der Waals surface area contributed by atoms with Gasteiger partial charge in [-0.15, -0.1) is 0 Å². The van der Waals surface area contributed by atoms with Crippen molar-refractivity contribution < 1.29 is 9.42 Å². The van der Waals surface area contributed by atoms with Crippen LogP contribution in [0.15, 0.2) is 0 Å². The third-order valence-corrected chi connectivity index (χ3v) is 0.610. The van der Waals surface area contributed by atoms with Gasteiger partial charge in [-0.05, 0) is 6.92 Å². The van der Waals surface area contributed by atoms with Crippen molar-refractivity contribution in [1.82, 2.24) is 0 Å². The predicted molar refractivity (Wildman–Crippen MR) is 19.9 cm³/mol. The highest BCUT2D eigenvalue weighted by molar-refractivity contribution is 7.23. The summed E-state index contributed by atoms with van der Waals surface area (Å²) in [7, 11) is -0.592. The normalized spacial score (nSPS) is 10.8. The van der Waals surface area contributed by atoms with Crippen molar-refractivity contribution >= 4 is 9.03 Å². The second kappa shape index (κ2) is 4.35. The Kier molecular flexibility index (Phi) is 4.65. The minimum Gasteiger partial charge on any atom is -0.810 e. The van der Waals surface area contributed by atoms with E-state index >= 15 is 0 Å². The summed E-state index contributed by atoms with van der Waals surface area (Å²) in [6, 6.07) is 0. The summed E-state index contributed by atoms with van der Waals surface area (Å²) < 4.78 is 4.31. The molecule has 2 nitrogen and oxygen atoms in total. The van der Waals surface area contributed by atoms with E-state index in [0.717, 1.165) is 0 Å². The molecule has 3 heteroatoms. The lowest BCUT2D eigenvalue weighted by Crippen LogP contribution is -1.83. The minimum absolute atomic E-state index is 0.544. The molecular formula is C2H6O2P-. The Morgan fingerprint density at radius 3 is 2.60 bits per heavy atom. The van der Waals surface area contributed by atoms with Crippen LogP contribution in [0.2, 0.25) is 0 Å². The molecule has 0 aromatic heterocycles. The molecule has 0 amide bonds. The van der Waals surface area contributed by atoms with Crippen LogP contribution in [-0.4, -0.2) is 6.61 Å². The fourth-order valence-corrected chi connectivity index (χ4v) is 0.177. The molecule has 5 heavy (non-hydrogen) atoms. The first-order valence-corrected chi connectivity index (χ1v) is 2.22. The summed E-state index contributed by atoms with van der Waals surface area (Å²) >= 11 is 0.